The number of carbonyl (C=O) groups is 2. The largest absolute Gasteiger partial charge is 0.480 e. The molecule has 1 aromatic rings. The minimum absolute atomic E-state index is 0.318. The molecule has 1 aliphatic rings. The maximum atomic E-state index is 11.9. The standard InChI is InChI=1S/C13H16N2O4/c1-2-8(13(17)18)15-12(16)11-7-14-9-5-3-4-6-10(9)19-11/h3-6,8,11,14H,2,7H2,1H3,(H,15,16)(H,17,18)/t8-,11?/m1/s1. The third kappa shape index (κ3) is 2.96. The number of carboxylic acid groups (broad SMARTS) is 1. The smallest absolute Gasteiger partial charge is 0.326 e. The van der Waals surface area contributed by atoms with E-state index in [0.717, 1.165) is 5.69 Å². The first-order chi connectivity index (χ1) is 9.11. The first-order valence-electron chi connectivity index (χ1n) is 6.14. The zero-order chi connectivity index (χ0) is 13.8. The summed E-state index contributed by atoms with van der Waals surface area (Å²) in [6.07, 6.45) is -0.388. The maximum absolute atomic E-state index is 11.9. The van der Waals surface area contributed by atoms with Crippen molar-refractivity contribution in [3.8, 4) is 5.75 Å². The topological polar surface area (TPSA) is 87.7 Å². The third-order valence-electron chi connectivity index (χ3n) is 2.95. The molecule has 0 radical (unpaired) electrons. The highest BCUT2D eigenvalue weighted by Crippen LogP contribution is 2.28. The van der Waals surface area contributed by atoms with Crippen LogP contribution in [0, 0.1) is 0 Å². The molecule has 1 aromatic carbocycles. The zero-order valence-electron chi connectivity index (χ0n) is 10.6. The van der Waals surface area contributed by atoms with Crippen LogP contribution in [0.5, 0.6) is 5.75 Å². The Kier molecular flexibility index (Phi) is 3.89. The summed E-state index contributed by atoms with van der Waals surface area (Å²) in [5, 5.41) is 14.5. The lowest BCUT2D eigenvalue weighted by Crippen LogP contribution is -2.50. The van der Waals surface area contributed by atoms with Crippen molar-refractivity contribution in [2.75, 3.05) is 11.9 Å². The summed E-state index contributed by atoms with van der Waals surface area (Å²) < 4.78 is 5.55. The normalized spacial score (nSPS) is 18.5. The number of amides is 1. The molecule has 102 valence electrons. The van der Waals surface area contributed by atoms with E-state index in [0.29, 0.717) is 18.7 Å². The Morgan fingerprint density at radius 2 is 2.26 bits per heavy atom. The third-order valence-corrected chi connectivity index (χ3v) is 2.95. The average Bonchev–Trinajstić information content (AvgIpc) is 2.43. The Morgan fingerprint density at radius 1 is 1.53 bits per heavy atom. The Balaban J connectivity index is 2.01. The van der Waals surface area contributed by atoms with Crippen LogP contribution in [0.4, 0.5) is 5.69 Å². The number of anilines is 1. The average molecular weight is 264 g/mol. The quantitative estimate of drug-likeness (QED) is 0.750. The molecule has 0 spiro atoms. The van der Waals surface area contributed by atoms with E-state index < -0.39 is 24.0 Å². The molecule has 2 rings (SSSR count). The molecule has 0 bridgehead atoms. The predicted octanol–water partition coefficient (Wildman–Crippen LogP) is 0.839. The van der Waals surface area contributed by atoms with Crippen molar-refractivity contribution in [3.63, 3.8) is 0 Å². The maximum Gasteiger partial charge on any atom is 0.326 e. The highest BCUT2D eigenvalue weighted by atomic mass is 16.5. The number of hydrogen-bond acceptors (Lipinski definition) is 4. The minimum atomic E-state index is -1.04. The van der Waals surface area contributed by atoms with E-state index in [-0.39, 0.29) is 0 Å². The summed E-state index contributed by atoms with van der Waals surface area (Å²) in [6, 6.07) is 6.42. The van der Waals surface area contributed by atoms with E-state index >= 15 is 0 Å². The lowest BCUT2D eigenvalue weighted by Gasteiger charge is -2.27. The van der Waals surface area contributed by atoms with E-state index in [1.165, 1.54) is 0 Å². The number of aliphatic carboxylic acids is 1. The van der Waals surface area contributed by atoms with Crippen LogP contribution in [0.15, 0.2) is 24.3 Å². The van der Waals surface area contributed by atoms with Gasteiger partial charge in [-0.25, -0.2) is 4.79 Å². The van der Waals surface area contributed by atoms with Gasteiger partial charge in [0.15, 0.2) is 6.10 Å². The lowest BCUT2D eigenvalue weighted by molar-refractivity contribution is -0.143. The van der Waals surface area contributed by atoms with E-state index in [4.69, 9.17) is 9.84 Å². The molecule has 0 aromatic heterocycles. The van der Waals surface area contributed by atoms with Crippen LogP contribution in [-0.4, -0.2) is 35.7 Å². The van der Waals surface area contributed by atoms with Gasteiger partial charge in [0.05, 0.1) is 12.2 Å². The number of benzene rings is 1. The Labute approximate surface area is 110 Å². The highest BCUT2D eigenvalue weighted by molar-refractivity contribution is 5.87. The molecule has 2 atom stereocenters. The van der Waals surface area contributed by atoms with Crippen LogP contribution < -0.4 is 15.4 Å². The fourth-order valence-electron chi connectivity index (χ4n) is 1.86. The number of para-hydroxylation sites is 2. The molecule has 1 amide bonds. The summed E-state index contributed by atoms with van der Waals surface area (Å²) in [5.74, 6) is -0.867. The lowest BCUT2D eigenvalue weighted by atomic mass is 10.2. The number of fused-ring (bicyclic) bond motifs is 1. The van der Waals surface area contributed by atoms with E-state index in [9.17, 15) is 9.59 Å². The van der Waals surface area contributed by atoms with Gasteiger partial charge in [-0.15, -0.1) is 0 Å². The van der Waals surface area contributed by atoms with Gasteiger partial charge in [-0.3, -0.25) is 4.79 Å². The van der Waals surface area contributed by atoms with Crippen molar-refractivity contribution in [3.05, 3.63) is 24.3 Å². The number of rotatable bonds is 4. The molecule has 6 heteroatoms. The van der Waals surface area contributed by atoms with Gasteiger partial charge >= 0.3 is 5.97 Å². The number of hydrogen-bond donors (Lipinski definition) is 3. The predicted molar refractivity (Wildman–Crippen MR) is 69.2 cm³/mol. The second-order valence-electron chi connectivity index (χ2n) is 4.29. The van der Waals surface area contributed by atoms with Crippen molar-refractivity contribution in [2.24, 2.45) is 0 Å². The molecule has 1 aliphatic heterocycles. The van der Waals surface area contributed by atoms with E-state index in [2.05, 4.69) is 10.6 Å². The molecular formula is C13H16N2O4. The van der Waals surface area contributed by atoms with Gasteiger partial charge in [-0.05, 0) is 18.6 Å². The molecular weight excluding hydrogens is 248 g/mol. The van der Waals surface area contributed by atoms with Crippen LogP contribution in [0.25, 0.3) is 0 Å². The summed E-state index contributed by atoms with van der Waals surface area (Å²) in [5.41, 5.74) is 0.830. The molecule has 19 heavy (non-hydrogen) atoms. The Hall–Kier alpha value is -2.24. The molecule has 1 unspecified atom stereocenters. The first-order valence-corrected chi connectivity index (χ1v) is 6.14. The van der Waals surface area contributed by atoms with Crippen molar-refractivity contribution in [2.45, 2.75) is 25.5 Å². The van der Waals surface area contributed by atoms with Crippen molar-refractivity contribution in [1.82, 2.24) is 5.32 Å². The van der Waals surface area contributed by atoms with Gasteiger partial charge in [0, 0.05) is 0 Å². The Bertz CT molecular complexity index is 489. The van der Waals surface area contributed by atoms with Gasteiger partial charge in [0.1, 0.15) is 11.8 Å². The Morgan fingerprint density at radius 3 is 2.95 bits per heavy atom. The van der Waals surface area contributed by atoms with Gasteiger partial charge < -0.3 is 20.5 Å². The number of ether oxygens (including phenoxy) is 1. The minimum Gasteiger partial charge on any atom is -0.480 e. The number of carbonyl (C=O) groups excluding carboxylic acids is 1. The summed E-state index contributed by atoms with van der Waals surface area (Å²) in [7, 11) is 0. The molecule has 0 saturated carbocycles. The first kappa shape index (κ1) is 13.2. The van der Waals surface area contributed by atoms with Gasteiger partial charge in [-0.2, -0.15) is 0 Å². The second kappa shape index (κ2) is 5.60. The molecule has 0 saturated heterocycles. The van der Waals surface area contributed by atoms with Gasteiger partial charge in [0.25, 0.3) is 5.91 Å². The molecule has 6 nitrogen and oxygen atoms in total. The highest BCUT2D eigenvalue weighted by Gasteiger charge is 2.28. The van der Waals surface area contributed by atoms with E-state index in [1.807, 2.05) is 18.2 Å². The SMILES string of the molecule is CC[C@@H](NC(=O)C1CNc2ccccc2O1)C(=O)O. The molecule has 3 N–H and O–H groups in total. The number of carboxylic acids is 1. The number of nitrogens with one attached hydrogen (secondary N) is 2. The summed E-state index contributed by atoms with van der Waals surface area (Å²) in [4.78, 5) is 22.8. The molecule has 0 aliphatic carbocycles. The molecule has 0 fully saturated rings. The fraction of sp³-hybridized carbons (Fsp3) is 0.385. The fourth-order valence-corrected chi connectivity index (χ4v) is 1.86. The van der Waals surface area contributed by atoms with Crippen LogP contribution in [0.1, 0.15) is 13.3 Å². The monoisotopic (exact) mass is 264 g/mol. The van der Waals surface area contributed by atoms with Crippen molar-refractivity contribution < 1.29 is 19.4 Å². The van der Waals surface area contributed by atoms with Crippen molar-refractivity contribution in [1.29, 1.82) is 0 Å². The second-order valence-corrected chi connectivity index (χ2v) is 4.29. The van der Waals surface area contributed by atoms with Gasteiger partial charge in [-0.1, -0.05) is 19.1 Å². The summed E-state index contributed by atoms with van der Waals surface area (Å²) in [6.45, 7) is 2.02. The van der Waals surface area contributed by atoms with Crippen LogP contribution >= 0.6 is 0 Å². The molecule has 1 heterocycles. The van der Waals surface area contributed by atoms with Crippen LogP contribution in [0.2, 0.25) is 0 Å². The van der Waals surface area contributed by atoms with Crippen LogP contribution in [0.3, 0.4) is 0 Å². The van der Waals surface area contributed by atoms with E-state index in [1.54, 1.807) is 13.0 Å². The zero-order valence-corrected chi connectivity index (χ0v) is 10.6. The summed E-state index contributed by atoms with van der Waals surface area (Å²) >= 11 is 0. The van der Waals surface area contributed by atoms with Crippen molar-refractivity contribution >= 4 is 17.6 Å². The van der Waals surface area contributed by atoms with Gasteiger partial charge in [0.2, 0.25) is 0 Å². The van der Waals surface area contributed by atoms with Crippen LogP contribution in [-0.2, 0) is 9.59 Å².